The summed E-state index contributed by atoms with van der Waals surface area (Å²) < 4.78 is 23.3. The Kier molecular flexibility index (Phi) is 5.86. The average molecular weight is 401 g/mol. The summed E-state index contributed by atoms with van der Waals surface area (Å²) in [6.07, 6.45) is 1.96. The standard InChI is InChI=1S/C18H32N2O6Si/c1-12-15-13(2)25-27(24-12,26-15)11-7-9-19-16(21)14-8-6-10-20(14)17(22)23-18(3,4)5/h12-15H,6-11H2,1-5H3,(H,19,21). The maximum Gasteiger partial charge on any atom is 0.502 e. The fraction of sp³-hybridized carbons (Fsp3) is 0.889. The summed E-state index contributed by atoms with van der Waals surface area (Å²) in [5.41, 5.74) is -0.570. The summed E-state index contributed by atoms with van der Waals surface area (Å²) in [5.74, 6) is -0.127. The maximum atomic E-state index is 12.5. The average Bonchev–Trinajstić information content (AvgIpc) is 3.22. The molecule has 1 N–H and O–H groups in total. The van der Waals surface area contributed by atoms with Crippen molar-refractivity contribution in [3.05, 3.63) is 0 Å². The highest BCUT2D eigenvalue weighted by Crippen LogP contribution is 2.40. The molecule has 0 aromatic carbocycles. The molecule has 3 rings (SSSR count). The van der Waals surface area contributed by atoms with Crippen LogP contribution in [0, 0.1) is 0 Å². The Morgan fingerprint density at radius 1 is 1.19 bits per heavy atom. The Hall–Kier alpha value is -1.16. The number of hydrogen-bond acceptors (Lipinski definition) is 6. The Labute approximate surface area is 162 Å². The minimum atomic E-state index is -2.56. The lowest BCUT2D eigenvalue weighted by atomic mass is 10.1. The predicted molar refractivity (Wildman–Crippen MR) is 100 cm³/mol. The van der Waals surface area contributed by atoms with Crippen molar-refractivity contribution in [3.63, 3.8) is 0 Å². The van der Waals surface area contributed by atoms with E-state index < -0.39 is 26.5 Å². The van der Waals surface area contributed by atoms with Crippen LogP contribution in [0.15, 0.2) is 0 Å². The van der Waals surface area contributed by atoms with Crippen LogP contribution in [0.3, 0.4) is 0 Å². The third kappa shape index (κ3) is 4.64. The van der Waals surface area contributed by atoms with E-state index in [-0.39, 0.29) is 24.2 Å². The van der Waals surface area contributed by atoms with Crippen molar-refractivity contribution in [1.82, 2.24) is 10.2 Å². The van der Waals surface area contributed by atoms with Crippen LogP contribution >= 0.6 is 0 Å². The lowest BCUT2D eigenvalue weighted by molar-refractivity contribution is -0.125. The highest BCUT2D eigenvalue weighted by Gasteiger charge is 2.60. The van der Waals surface area contributed by atoms with Gasteiger partial charge in [0, 0.05) is 19.1 Å². The summed E-state index contributed by atoms with van der Waals surface area (Å²) in [6.45, 7) is 10.6. The molecule has 9 heteroatoms. The zero-order valence-corrected chi connectivity index (χ0v) is 17.9. The number of carbonyl (C=O) groups is 2. The molecule has 3 atom stereocenters. The van der Waals surface area contributed by atoms with E-state index in [4.69, 9.17) is 18.0 Å². The number of amides is 2. The minimum Gasteiger partial charge on any atom is -0.444 e. The van der Waals surface area contributed by atoms with Gasteiger partial charge in [-0.3, -0.25) is 9.69 Å². The second-order valence-electron chi connectivity index (χ2n) is 8.64. The zero-order chi connectivity index (χ0) is 19.8. The quantitative estimate of drug-likeness (QED) is 0.561. The van der Waals surface area contributed by atoms with Gasteiger partial charge in [-0.1, -0.05) is 0 Å². The molecule has 3 fully saturated rings. The van der Waals surface area contributed by atoms with E-state index in [1.807, 2.05) is 34.6 Å². The molecule has 0 aliphatic carbocycles. The molecule has 0 aromatic heterocycles. The lowest BCUT2D eigenvalue weighted by Gasteiger charge is -2.28. The number of ether oxygens (including phenoxy) is 1. The molecule has 0 spiro atoms. The lowest BCUT2D eigenvalue weighted by Crippen LogP contribution is -2.48. The van der Waals surface area contributed by atoms with E-state index in [1.54, 1.807) is 0 Å². The molecule has 0 radical (unpaired) electrons. The molecule has 2 bridgehead atoms. The number of nitrogens with one attached hydrogen (secondary N) is 1. The third-order valence-corrected chi connectivity index (χ3v) is 8.17. The molecule has 2 amide bonds. The van der Waals surface area contributed by atoms with E-state index in [9.17, 15) is 9.59 Å². The highest BCUT2D eigenvalue weighted by molar-refractivity contribution is 6.62. The summed E-state index contributed by atoms with van der Waals surface area (Å²) in [7, 11) is -2.56. The number of carbonyl (C=O) groups excluding carboxylic acids is 2. The van der Waals surface area contributed by atoms with Gasteiger partial charge in [-0.05, 0) is 53.9 Å². The Morgan fingerprint density at radius 2 is 1.85 bits per heavy atom. The van der Waals surface area contributed by atoms with Crippen LogP contribution in [0.1, 0.15) is 53.9 Å². The first-order valence-electron chi connectivity index (χ1n) is 9.91. The normalized spacial score (nSPS) is 35.5. The molecule has 8 nitrogen and oxygen atoms in total. The van der Waals surface area contributed by atoms with Crippen molar-refractivity contribution in [2.45, 2.75) is 89.9 Å². The molecule has 3 unspecified atom stereocenters. The molecule has 0 saturated carbocycles. The molecular formula is C18H32N2O6Si. The Bertz CT molecular complexity index is 569. The topological polar surface area (TPSA) is 86.3 Å². The van der Waals surface area contributed by atoms with E-state index in [0.717, 1.165) is 12.8 Å². The van der Waals surface area contributed by atoms with Crippen molar-refractivity contribution in [2.24, 2.45) is 0 Å². The van der Waals surface area contributed by atoms with Crippen molar-refractivity contribution < 1.29 is 27.6 Å². The van der Waals surface area contributed by atoms with Gasteiger partial charge in [0.05, 0.1) is 18.3 Å². The monoisotopic (exact) mass is 400 g/mol. The maximum absolute atomic E-state index is 12.5. The fourth-order valence-electron chi connectivity index (χ4n) is 3.95. The van der Waals surface area contributed by atoms with Gasteiger partial charge in [0.1, 0.15) is 11.6 Å². The second-order valence-corrected chi connectivity index (χ2v) is 11.2. The van der Waals surface area contributed by atoms with Gasteiger partial charge < -0.3 is 23.3 Å². The first-order chi connectivity index (χ1) is 12.6. The van der Waals surface area contributed by atoms with Crippen LogP contribution in [0.5, 0.6) is 0 Å². The fourth-order valence-corrected chi connectivity index (χ4v) is 7.28. The van der Waals surface area contributed by atoms with Crippen LogP contribution in [0.4, 0.5) is 4.79 Å². The van der Waals surface area contributed by atoms with Gasteiger partial charge in [-0.15, -0.1) is 0 Å². The molecule has 3 saturated heterocycles. The van der Waals surface area contributed by atoms with Crippen molar-refractivity contribution in [3.8, 4) is 0 Å². The zero-order valence-electron chi connectivity index (χ0n) is 16.9. The first kappa shape index (κ1) is 20.6. The molecule has 3 heterocycles. The van der Waals surface area contributed by atoms with Gasteiger partial charge in [-0.2, -0.15) is 0 Å². The predicted octanol–water partition coefficient (Wildman–Crippen LogP) is 2.05. The number of nitrogens with zero attached hydrogens (tertiary/aromatic N) is 1. The second kappa shape index (κ2) is 7.69. The van der Waals surface area contributed by atoms with E-state index >= 15 is 0 Å². The van der Waals surface area contributed by atoms with Gasteiger partial charge in [0.25, 0.3) is 0 Å². The molecule has 3 aliphatic heterocycles. The molecule has 154 valence electrons. The molecule has 3 aliphatic rings. The Morgan fingerprint density at radius 3 is 2.44 bits per heavy atom. The van der Waals surface area contributed by atoms with Crippen LogP contribution in [0.25, 0.3) is 0 Å². The van der Waals surface area contributed by atoms with Crippen LogP contribution in [0.2, 0.25) is 6.04 Å². The molecule has 27 heavy (non-hydrogen) atoms. The van der Waals surface area contributed by atoms with Gasteiger partial charge >= 0.3 is 14.9 Å². The molecule has 0 aromatic rings. The highest BCUT2D eigenvalue weighted by atomic mass is 28.4. The van der Waals surface area contributed by atoms with Crippen molar-refractivity contribution >= 4 is 20.8 Å². The summed E-state index contributed by atoms with van der Waals surface area (Å²) in [4.78, 5) is 26.4. The number of hydrogen-bond donors (Lipinski definition) is 1. The number of rotatable bonds is 5. The van der Waals surface area contributed by atoms with Crippen LogP contribution in [-0.4, -0.2) is 68.7 Å². The SMILES string of the molecule is CC1O[Si]2(CCCNC(=O)C3CCCN3C(=O)OC(C)(C)C)OC(C)C1O2. The van der Waals surface area contributed by atoms with Crippen molar-refractivity contribution in [2.75, 3.05) is 13.1 Å². The Balaban J connectivity index is 1.43. The first-order valence-corrected chi connectivity index (χ1v) is 11.8. The van der Waals surface area contributed by atoms with Crippen LogP contribution in [-0.2, 0) is 22.8 Å². The van der Waals surface area contributed by atoms with Gasteiger partial charge in [0.2, 0.25) is 5.91 Å². The largest absolute Gasteiger partial charge is 0.502 e. The van der Waals surface area contributed by atoms with E-state index in [1.165, 1.54) is 4.90 Å². The summed E-state index contributed by atoms with van der Waals surface area (Å²) in [5, 5.41) is 2.94. The number of fused-ring (bicyclic) bond motifs is 2. The van der Waals surface area contributed by atoms with Crippen molar-refractivity contribution in [1.29, 1.82) is 0 Å². The smallest absolute Gasteiger partial charge is 0.444 e. The van der Waals surface area contributed by atoms with E-state index in [0.29, 0.717) is 25.6 Å². The summed E-state index contributed by atoms with van der Waals surface area (Å²) in [6, 6.07) is 0.236. The van der Waals surface area contributed by atoms with Gasteiger partial charge in [-0.25, -0.2) is 4.79 Å². The van der Waals surface area contributed by atoms with Gasteiger partial charge in [0.15, 0.2) is 0 Å². The minimum absolute atomic E-state index is 0.0344. The molecular weight excluding hydrogens is 368 g/mol. The third-order valence-electron chi connectivity index (χ3n) is 5.11. The summed E-state index contributed by atoms with van der Waals surface area (Å²) >= 11 is 0. The van der Waals surface area contributed by atoms with Crippen LogP contribution < -0.4 is 5.32 Å². The van der Waals surface area contributed by atoms with E-state index in [2.05, 4.69) is 5.32 Å². The number of likely N-dealkylation sites (tertiary alicyclic amines) is 1.